The van der Waals surface area contributed by atoms with E-state index in [0.29, 0.717) is 0 Å². The molecule has 0 spiro atoms. The number of carbonyl (C=O) groups is 1. The van der Waals surface area contributed by atoms with E-state index in [1.54, 1.807) is 0 Å². The van der Waals surface area contributed by atoms with Gasteiger partial charge in [0.1, 0.15) is 16.8 Å². The second-order valence-corrected chi connectivity index (χ2v) is 8.05. The van der Waals surface area contributed by atoms with Gasteiger partial charge in [-0.05, 0) is 32.0 Å². The third-order valence-electron chi connectivity index (χ3n) is 4.93. The molecule has 0 aliphatic carbocycles. The maximum atomic E-state index is 13.4. The monoisotopic (exact) mass is 493 g/mol. The Morgan fingerprint density at radius 1 is 1.18 bits per heavy atom. The van der Waals surface area contributed by atoms with Crippen LogP contribution in [-0.4, -0.2) is 55.2 Å². The molecule has 0 saturated heterocycles. The molecule has 0 aliphatic rings. The Morgan fingerprint density at radius 3 is 2.42 bits per heavy atom. The van der Waals surface area contributed by atoms with Crippen LogP contribution in [0.25, 0.3) is 22.4 Å². The van der Waals surface area contributed by atoms with E-state index >= 15 is 0 Å². The Labute approximate surface area is 188 Å². The van der Waals surface area contributed by atoms with E-state index < -0.39 is 42.3 Å². The van der Waals surface area contributed by atoms with Crippen LogP contribution in [0.3, 0.4) is 0 Å². The van der Waals surface area contributed by atoms with E-state index in [-0.39, 0.29) is 33.1 Å². The summed E-state index contributed by atoms with van der Waals surface area (Å²) in [6, 6.07) is 4.23. The van der Waals surface area contributed by atoms with Gasteiger partial charge in [-0.3, -0.25) is 9.48 Å². The highest BCUT2D eigenvalue weighted by Gasteiger charge is 2.56. The zero-order chi connectivity index (χ0) is 24.8. The smallest absolute Gasteiger partial charge is 0.453 e. The lowest BCUT2D eigenvalue weighted by Gasteiger charge is -2.20. The summed E-state index contributed by atoms with van der Waals surface area (Å²) in [6.45, 7) is 2.06. The van der Waals surface area contributed by atoms with Gasteiger partial charge in [-0.2, -0.15) is 32.0 Å². The fraction of sp³-hybridized carbons (Fsp3) is 0.421. The molecule has 0 aliphatic heterocycles. The first-order chi connectivity index (χ1) is 15.2. The first-order valence-electron chi connectivity index (χ1n) is 9.32. The average molecular weight is 494 g/mol. The zero-order valence-corrected chi connectivity index (χ0v) is 18.2. The number of nitrogens with zero attached hydrogens (tertiary/aromatic N) is 5. The minimum absolute atomic E-state index is 0.0396. The maximum Gasteiger partial charge on any atom is 0.453 e. The summed E-state index contributed by atoms with van der Waals surface area (Å²) in [4.78, 5) is 15.9. The quantitative estimate of drug-likeness (QED) is 0.403. The summed E-state index contributed by atoms with van der Waals surface area (Å²) in [5.74, 6) is -6.54. The number of aryl methyl sites for hydroxylation is 1. The van der Waals surface area contributed by atoms with Crippen LogP contribution in [0.4, 0.5) is 22.0 Å². The molecule has 33 heavy (non-hydrogen) atoms. The van der Waals surface area contributed by atoms with Crippen LogP contribution >= 0.6 is 11.6 Å². The van der Waals surface area contributed by atoms with E-state index in [2.05, 4.69) is 25.0 Å². The molecule has 14 heteroatoms. The number of alkyl halides is 5. The number of rotatable bonds is 6. The second kappa shape index (κ2) is 8.36. The lowest BCUT2D eigenvalue weighted by atomic mass is 9.89. The van der Waals surface area contributed by atoms with Gasteiger partial charge in [0.05, 0.1) is 12.6 Å². The molecule has 3 aromatic rings. The van der Waals surface area contributed by atoms with Crippen LogP contribution in [0.5, 0.6) is 5.88 Å². The van der Waals surface area contributed by atoms with Crippen molar-refractivity contribution in [3.05, 3.63) is 28.9 Å². The highest BCUT2D eigenvalue weighted by molar-refractivity contribution is 6.31. The minimum Gasteiger partial charge on any atom is -0.492 e. The molecular weight excluding hydrogens is 477 g/mol. The van der Waals surface area contributed by atoms with Gasteiger partial charge in [0.25, 0.3) is 0 Å². The third-order valence-corrected chi connectivity index (χ3v) is 5.17. The van der Waals surface area contributed by atoms with Gasteiger partial charge in [-0.25, -0.2) is 0 Å². The standard InChI is InChI=1S/C19H17ClF5N5O3/c1-17(2,16(32)33-3)13-15(31)26-14(28-27-13)12-10-5-4-9(20)8-11(10)30(29-12)7-6-18(21,22)19(23,24)25/h4-5,8H,6-7H2,1-3H3,(H,26,28,31). The summed E-state index contributed by atoms with van der Waals surface area (Å²) in [5, 5.41) is 22.6. The molecule has 0 amide bonds. The van der Waals surface area contributed by atoms with Crippen LogP contribution in [0.1, 0.15) is 26.0 Å². The number of methoxy groups -OCH3 is 1. The molecular formula is C19H17ClF5N5O3. The van der Waals surface area contributed by atoms with Crippen LogP contribution in [0, 0.1) is 0 Å². The molecule has 3 rings (SSSR count). The molecule has 1 N–H and O–H groups in total. The first-order valence-corrected chi connectivity index (χ1v) is 9.70. The highest BCUT2D eigenvalue weighted by Crippen LogP contribution is 2.39. The number of carbonyl (C=O) groups excluding carboxylic acids is 1. The minimum atomic E-state index is -5.71. The van der Waals surface area contributed by atoms with Crippen molar-refractivity contribution in [3.8, 4) is 17.4 Å². The van der Waals surface area contributed by atoms with E-state index in [9.17, 15) is 31.9 Å². The number of aromatic nitrogens is 5. The van der Waals surface area contributed by atoms with E-state index in [4.69, 9.17) is 11.6 Å². The third kappa shape index (κ3) is 4.54. The normalized spacial score (nSPS) is 12.9. The van der Waals surface area contributed by atoms with Crippen molar-refractivity contribution in [1.82, 2.24) is 25.0 Å². The number of hydrogen-bond acceptors (Lipinski definition) is 7. The Hall–Kier alpha value is -3.09. The first kappa shape index (κ1) is 24.6. The molecule has 0 atom stereocenters. The number of hydrogen-bond donors (Lipinski definition) is 1. The number of halogens is 6. The fourth-order valence-electron chi connectivity index (χ4n) is 3.05. The predicted octanol–water partition coefficient (Wildman–Crippen LogP) is 4.29. The van der Waals surface area contributed by atoms with Crippen molar-refractivity contribution < 1.29 is 36.6 Å². The second-order valence-electron chi connectivity index (χ2n) is 7.61. The number of esters is 1. The molecule has 0 fully saturated rings. The Kier molecular flexibility index (Phi) is 6.22. The fourth-order valence-corrected chi connectivity index (χ4v) is 3.21. The van der Waals surface area contributed by atoms with Gasteiger partial charge >= 0.3 is 18.1 Å². The molecule has 2 heterocycles. The SMILES string of the molecule is COC(=O)C(C)(C)c1nnc(-c2nn(CCC(F)(F)C(F)(F)F)c3cc(Cl)ccc23)nc1O. The van der Waals surface area contributed by atoms with E-state index in [1.807, 2.05) is 0 Å². The van der Waals surface area contributed by atoms with Gasteiger partial charge in [0.2, 0.25) is 11.7 Å². The lowest BCUT2D eigenvalue weighted by Crippen LogP contribution is -2.37. The van der Waals surface area contributed by atoms with Crippen molar-refractivity contribution in [2.45, 2.75) is 44.3 Å². The molecule has 0 bridgehead atoms. The Morgan fingerprint density at radius 2 is 1.85 bits per heavy atom. The molecule has 0 unspecified atom stereocenters. The largest absolute Gasteiger partial charge is 0.492 e. The van der Waals surface area contributed by atoms with Crippen LogP contribution in [-0.2, 0) is 21.5 Å². The number of fused-ring (bicyclic) bond motifs is 1. The summed E-state index contributed by atoms with van der Waals surface area (Å²) < 4.78 is 70.1. The van der Waals surface area contributed by atoms with Crippen molar-refractivity contribution in [2.75, 3.05) is 7.11 Å². The van der Waals surface area contributed by atoms with Crippen molar-refractivity contribution in [1.29, 1.82) is 0 Å². The van der Waals surface area contributed by atoms with Crippen molar-refractivity contribution in [3.63, 3.8) is 0 Å². The highest BCUT2D eigenvalue weighted by atomic mass is 35.5. The zero-order valence-electron chi connectivity index (χ0n) is 17.4. The van der Waals surface area contributed by atoms with Crippen LogP contribution < -0.4 is 0 Å². The van der Waals surface area contributed by atoms with Gasteiger partial charge in [0, 0.05) is 23.4 Å². The van der Waals surface area contributed by atoms with Gasteiger partial charge < -0.3 is 9.84 Å². The summed E-state index contributed by atoms with van der Waals surface area (Å²) in [7, 11) is 1.16. The lowest BCUT2D eigenvalue weighted by molar-refractivity contribution is -0.285. The van der Waals surface area contributed by atoms with Gasteiger partial charge in [0.15, 0.2) is 0 Å². The van der Waals surface area contributed by atoms with Crippen molar-refractivity contribution >= 4 is 28.5 Å². The van der Waals surface area contributed by atoms with Gasteiger partial charge in [-0.15, -0.1) is 10.2 Å². The Bertz CT molecular complexity index is 1210. The van der Waals surface area contributed by atoms with Crippen LogP contribution in [0.2, 0.25) is 5.02 Å². The molecule has 2 aromatic heterocycles. The molecule has 0 saturated carbocycles. The van der Waals surface area contributed by atoms with E-state index in [0.717, 1.165) is 11.8 Å². The van der Waals surface area contributed by atoms with E-state index in [1.165, 1.54) is 32.0 Å². The molecule has 0 radical (unpaired) electrons. The molecule has 8 nitrogen and oxygen atoms in total. The average Bonchev–Trinajstić information content (AvgIpc) is 3.08. The van der Waals surface area contributed by atoms with Crippen LogP contribution in [0.15, 0.2) is 18.2 Å². The summed E-state index contributed by atoms with van der Waals surface area (Å²) in [5.41, 5.74) is -1.47. The number of ether oxygens (including phenoxy) is 1. The Balaban J connectivity index is 2.06. The van der Waals surface area contributed by atoms with Crippen molar-refractivity contribution in [2.24, 2.45) is 0 Å². The summed E-state index contributed by atoms with van der Waals surface area (Å²) in [6.07, 6.45) is -7.27. The number of benzene rings is 1. The molecule has 1 aromatic carbocycles. The van der Waals surface area contributed by atoms with Gasteiger partial charge in [-0.1, -0.05) is 11.6 Å². The summed E-state index contributed by atoms with van der Waals surface area (Å²) >= 11 is 5.95. The topological polar surface area (TPSA) is 103 Å². The molecule has 178 valence electrons. The maximum absolute atomic E-state index is 13.4. The number of aromatic hydroxyl groups is 1. The predicted molar refractivity (Wildman–Crippen MR) is 106 cm³/mol.